The van der Waals surface area contributed by atoms with Gasteiger partial charge in [0, 0.05) is 27.5 Å². The molecule has 2 aromatic carbocycles. The molecule has 3 aromatic rings. The van der Waals surface area contributed by atoms with Crippen LogP contribution in [0.4, 0.5) is 13.2 Å². The van der Waals surface area contributed by atoms with Crippen LogP contribution in [-0.4, -0.2) is 17.6 Å². The van der Waals surface area contributed by atoms with E-state index in [1.165, 1.54) is 29.0 Å². The third-order valence-corrected chi connectivity index (χ3v) is 8.04. The van der Waals surface area contributed by atoms with Gasteiger partial charge < -0.3 is 4.74 Å². The maximum Gasteiger partial charge on any atom is 0.416 e. The molecule has 0 aliphatic carbocycles. The van der Waals surface area contributed by atoms with E-state index < -0.39 is 11.7 Å². The lowest BCUT2D eigenvalue weighted by atomic mass is 9.80. The lowest BCUT2D eigenvalue weighted by Crippen LogP contribution is -2.19. The summed E-state index contributed by atoms with van der Waals surface area (Å²) in [6.07, 6.45) is -3.24. The van der Waals surface area contributed by atoms with E-state index >= 15 is 0 Å². The SMILES string of the molecule is CCOC(=O)CCC(C)(C)c1ccc(SCc2sc(-c3ccc(C(F)(F)F)cc3)nc2C)cc1. The second kappa shape index (κ2) is 11.0. The van der Waals surface area contributed by atoms with Crippen LogP contribution in [0.2, 0.25) is 0 Å². The highest BCUT2D eigenvalue weighted by atomic mass is 32.2. The fourth-order valence-electron chi connectivity index (χ4n) is 3.43. The predicted octanol–water partition coefficient (Wildman–Crippen LogP) is 8.05. The maximum atomic E-state index is 12.8. The first-order valence-electron chi connectivity index (χ1n) is 11.0. The first kappa shape index (κ1) is 26.3. The summed E-state index contributed by atoms with van der Waals surface area (Å²) < 4.78 is 43.5. The lowest BCUT2D eigenvalue weighted by Gasteiger charge is -2.25. The van der Waals surface area contributed by atoms with Crippen molar-refractivity contribution < 1.29 is 22.7 Å². The molecule has 0 unspecified atom stereocenters. The average molecular weight is 508 g/mol. The van der Waals surface area contributed by atoms with Gasteiger partial charge in [-0.25, -0.2) is 4.98 Å². The molecule has 8 heteroatoms. The summed E-state index contributed by atoms with van der Waals surface area (Å²) in [6.45, 7) is 8.38. The molecule has 3 nitrogen and oxygen atoms in total. The summed E-state index contributed by atoms with van der Waals surface area (Å²) in [5.41, 5.74) is 1.95. The van der Waals surface area contributed by atoms with Crippen molar-refractivity contribution in [3.8, 4) is 10.6 Å². The van der Waals surface area contributed by atoms with Gasteiger partial charge in [-0.3, -0.25) is 4.79 Å². The van der Waals surface area contributed by atoms with E-state index in [1.54, 1.807) is 11.8 Å². The number of carbonyl (C=O) groups excluding carboxylic acids is 1. The van der Waals surface area contributed by atoms with Gasteiger partial charge >= 0.3 is 12.1 Å². The zero-order valence-electron chi connectivity index (χ0n) is 19.7. The Bertz CT molecular complexity index is 1100. The minimum absolute atomic E-state index is 0.138. The van der Waals surface area contributed by atoms with Gasteiger partial charge in [-0.2, -0.15) is 13.2 Å². The molecule has 0 amide bonds. The van der Waals surface area contributed by atoms with Gasteiger partial charge in [-0.1, -0.05) is 38.1 Å². The molecule has 1 heterocycles. The van der Waals surface area contributed by atoms with E-state index in [4.69, 9.17) is 4.74 Å². The smallest absolute Gasteiger partial charge is 0.416 e. The van der Waals surface area contributed by atoms with Crippen LogP contribution in [0.15, 0.2) is 53.4 Å². The minimum atomic E-state index is -4.34. The molecule has 0 saturated heterocycles. The van der Waals surface area contributed by atoms with E-state index in [2.05, 4.69) is 43.1 Å². The molecule has 0 radical (unpaired) electrons. The van der Waals surface area contributed by atoms with E-state index in [0.29, 0.717) is 25.0 Å². The monoisotopic (exact) mass is 507 g/mol. The van der Waals surface area contributed by atoms with Crippen molar-refractivity contribution in [3.05, 3.63) is 70.2 Å². The number of ether oxygens (including phenoxy) is 1. The van der Waals surface area contributed by atoms with Crippen LogP contribution in [0.25, 0.3) is 10.6 Å². The third kappa shape index (κ3) is 6.85. The Morgan fingerprint density at radius 2 is 1.65 bits per heavy atom. The molecule has 0 saturated carbocycles. The highest BCUT2D eigenvalue weighted by molar-refractivity contribution is 7.98. The molecule has 0 aliphatic rings. The Kier molecular flexibility index (Phi) is 8.47. The number of nitrogens with zero attached hydrogens (tertiary/aromatic N) is 1. The Morgan fingerprint density at radius 3 is 2.24 bits per heavy atom. The van der Waals surface area contributed by atoms with Gasteiger partial charge in [0.05, 0.1) is 17.9 Å². The summed E-state index contributed by atoms with van der Waals surface area (Å²) in [5.74, 6) is 0.564. The van der Waals surface area contributed by atoms with E-state index in [-0.39, 0.29) is 11.4 Å². The number of benzene rings is 2. The second-order valence-corrected chi connectivity index (χ2v) is 10.7. The van der Waals surface area contributed by atoms with Gasteiger partial charge in [0.25, 0.3) is 0 Å². The number of aryl methyl sites for hydroxylation is 1. The first-order chi connectivity index (χ1) is 16.0. The normalized spacial score (nSPS) is 12.1. The molecule has 1 aromatic heterocycles. The number of thioether (sulfide) groups is 1. The van der Waals surface area contributed by atoms with Crippen LogP contribution < -0.4 is 0 Å². The fourth-order valence-corrected chi connectivity index (χ4v) is 5.54. The number of halogens is 3. The van der Waals surface area contributed by atoms with Crippen LogP contribution >= 0.6 is 23.1 Å². The van der Waals surface area contributed by atoms with Crippen LogP contribution in [0.1, 0.15) is 55.3 Å². The first-order valence-corrected chi connectivity index (χ1v) is 12.8. The second-order valence-electron chi connectivity index (χ2n) is 8.60. The van der Waals surface area contributed by atoms with E-state index in [1.807, 2.05) is 13.8 Å². The standard InChI is InChI=1S/C26H28F3NO2S2/c1-5-32-23(31)14-15-25(3,4)19-10-12-21(13-11-19)33-16-22-17(2)30-24(34-22)18-6-8-20(9-7-18)26(27,28)29/h6-13H,5,14-16H2,1-4H3. The van der Waals surface area contributed by atoms with Crippen molar-refractivity contribution in [1.82, 2.24) is 4.98 Å². The number of carbonyl (C=O) groups is 1. The summed E-state index contributed by atoms with van der Waals surface area (Å²) in [5, 5.41) is 0.723. The summed E-state index contributed by atoms with van der Waals surface area (Å²) in [4.78, 5) is 18.5. The zero-order chi connectivity index (χ0) is 24.9. The van der Waals surface area contributed by atoms with Crippen LogP contribution in [-0.2, 0) is 26.9 Å². The van der Waals surface area contributed by atoms with Gasteiger partial charge in [0.1, 0.15) is 5.01 Å². The van der Waals surface area contributed by atoms with Crippen molar-refractivity contribution in [1.29, 1.82) is 0 Å². The van der Waals surface area contributed by atoms with Crippen LogP contribution in [0, 0.1) is 6.92 Å². The number of alkyl halides is 3. The molecule has 0 bridgehead atoms. The van der Waals surface area contributed by atoms with Crippen molar-refractivity contribution >= 4 is 29.1 Å². The van der Waals surface area contributed by atoms with Gasteiger partial charge in [-0.05, 0) is 55.5 Å². The van der Waals surface area contributed by atoms with Crippen molar-refractivity contribution in [2.24, 2.45) is 0 Å². The van der Waals surface area contributed by atoms with Crippen molar-refractivity contribution in [2.75, 3.05) is 6.61 Å². The molecule has 182 valence electrons. The molecule has 0 fully saturated rings. The number of thiazole rings is 1. The third-order valence-electron chi connectivity index (χ3n) is 5.62. The molecule has 0 aliphatic heterocycles. The van der Waals surface area contributed by atoms with Gasteiger partial charge in [-0.15, -0.1) is 23.1 Å². The molecular weight excluding hydrogens is 479 g/mol. The molecule has 0 atom stereocenters. The number of aromatic nitrogens is 1. The predicted molar refractivity (Wildman–Crippen MR) is 132 cm³/mol. The highest BCUT2D eigenvalue weighted by Crippen LogP contribution is 2.36. The number of rotatable bonds is 9. The van der Waals surface area contributed by atoms with Crippen LogP contribution in [0.3, 0.4) is 0 Å². The molecular formula is C26H28F3NO2S2. The molecule has 0 spiro atoms. The lowest BCUT2D eigenvalue weighted by molar-refractivity contribution is -0.143. The Labute approximate surface area is 206 Å². The summed E-state index contributed by atoms with van der Waals surface area (Å²) >= 11 is 3.20. The fraction of sp³-hybridized carbons (Fsp3) is 0.385. The van der Waals surface area contributed by atoms with Crippen LogP contribution in [0.5, 0.6) is 0 Å². The van der Waals surface area contributed by atoms with E-state index in [0.717, 1.165) is 38.4 Å². The van der Waals surface area contributed by atoms with E-state index in [9.17, 15) is 18.0 Å². The highest BCUT2D eigenvalue weighted by Gasteiger charge is 2.30. The molecule has 34 heavy (non-hydrogen) atoms. The van der Waals surface area contributed by atoms with Gasteiger partial charge in [0.2, 0.25) is 0 Å². The quantitative estimate of drug-likeness (QED) is 0.217. The number of hydrogen-bond donors (Lipinski definition) is 0. The molecule has 0 N–H and O–H groups in total. The average Bonchev–Trinajstić information content (AvgIpc) is 3.17. The van der Waals surface area contributed by atoms with Gasteiger partial charge in [0.15, 0.2) is 0 Å². The maximum absolute atomic E-state index is 12.8. The Balaban J connectivity index is 1.61. The van der Waals surface area contributed by atoms with Crippen molar-refractivity contribution in [3.63, 3.8) is 0 Å². The molecule has 3 rings (SSSR count). The number of esters is 1. The summed E-state index contributed by atoms with van der Waals surface area (Å²) in [6, 6.07) is 13.5. The number of hydrogen-bond acceptors (Lipinski definition) is 5. The Hall–Kier alpha value is -2.32. The largest absolute Gasteiger partial charge is 0.466 e. The van der Waals surface area contributed by atoms with Crippen molar-refractivity contribution in [2.45, 2.75) is 62.8 Å². The minimum Gasteiger partial charge on any atom is -0.466 e. The summed E-state index contributed by atoms with van der Waals surface area (Å²) in [7, 11) is 0. The topological polar surface area (TPSA) is 39.2 Å². The Morgan fingerprint density at radius 1 is 1.03 bits per heavy atom. The zero-order valence-corrected chi connectivity index (χ0v) is 21.3.